The van der Waals surface area contributed by atoms with E-state index in [9.17, 15) is 40.2 Å². The van der Waals surface area contributed by atoms with Crippen LogP contribution in [0.25, 0.3) is 0 Å². The first-order chi connectivity index (χ1) is 18.3. The topological polar surface area (TPSA) is 192 Å². The Balaban J connectivity index is 1.69. The highest BCUT2D eigenvalue weighted by molar-refractivity contribution is 6.31. The molecule has 0 bridgehead atoms. The molecule has 0 radical (unpaired) electrons. The Morgan fingerprint density at radius 1 is 1.00 bits per heavy atom. The number of carbonyl (C=O) groups is 2. The van der Waals surface area contributed by atoms with Gasteiger partial charge in [0.15, 0.2) is 12.1 Å². The van der Waals surface area contributed by atoms with Crippen LogP contribution in [0.4, 0.5) is 0 Å². The van der Waals surface area contributed by atoms with Gasteiger partial charge in [-0.05, 0) is 25.5 Å². The van der Waals surface area contributed by atoms with Crippen molar-refractivity contribution < 1.29 is 59.2 Å². The van der Waals surface area contributed by atoms with Crippen molar-refractivity contribution in [2.24, 2.45) is 0 Å². The van der Waals surface area contributed by atoms with Gasteiger partial charge in [-0.1, -0.05) is 6.07 Å². The molecule has 12 nitrogen and oxygen atoms in total. The number of aromatic hydroxyl groups is 2. The Bertz CT molecular complexity index is 1370. The normalized spacial score (nSPS) is 31.9. The average molecular weight is 547 g/mol. The SMILES string of the molecule is COc1c(C)ccc2c1C(=O)c1c(O)c3c(c(O)c1C2=O)C[C@](C)(O)C(O)[C@@H]3O[C@@H]1OC[C@H](O)[C@@H](OC)[C@H]1O. The van der Waals surface area contributed by atoms with Gasteiger partial charge in [0.1, 0.15) is 47.8 Å². The number of aryl methyl sites for hydroxylation is 1. The fourth-order valence-corrected chi connectivity index (χ4v) is 5.76. The minimum Gasteiger partial charge on any atom is -0.507 e. The molecular formula is C27H30O12. The number of phenolic OH excluding ortho intramolecular Hbond substituents is 2. The molecule has 1 fully saturated rings. The van der Waals surface area contributed by atoms with Crippen molar-refractivity contribution in [2.75, 3.05) is 20.8 Å². The smallest absolute Gasteiger partial charge is 0.202 e. The zero-order valence-electron chi connectivity index (χ0n) is 21.7. The molecule has 6 N–H and O–H groups in total. The molecule has 12 heteroatoms. The third-order valence-corrected chi connectivity index (χ3v) is 7.80. The molecule has 210 valence electrons. The van der Waals surface area contributed by atoms with E-state index < -0.39 is 83.0 Å². The third kappa shape index (κ3) is 3.94. The van der Waals surface area contributed by atoms with Gasteiger partial charge < -0.3 is 49.6 Å². The van der Waals surface area contributed by atoms with Crippen LogP contribution in [0.1, 0.15) is 61.6 Å². The predicted octanol–water partition coefficient (Wildman–Crippen LogP) is 0.00902. The summed E-state index contributed by atoms with van der Waals surface area (Å²) in [5, 5.41) is 65.6. The Morgan fingerprint density at radius 2 is 1.67 bits per heavy atom. The Hall–Kier alpha value is -3.10. The van der Waals surface area contributed by atoms with Gasteiger partial charge >= 0.3 is 0 Å². The lowest BCUT2D eigenvalue weighted by molar-refractivity contribution is -0.302. The Kier molecular flexibility index (Phi) is 6.71. The van der Waals surface area contributed by atoms with Gasteiger partial charge in [-0.25, -0.2) is 0 Å². The monoisotopic (exact) mass is 546 g/mol. The number of aliphatic hydroxyl groups is 4. The molecule has 7 atom stereocenters. The first-order valence-electron chi connectivity index (χ1n) is 12.3. The largest absolute Gasteiger partial charge is 0.507 e. The second-order valence-corrected chi connectivity index (χ2v) is 10.3. The number of carbonyl (C=O) groups excluding carboxylic acids is 2. The first-order valence-corrected chi connectivity index (χ1v) is 12.3. The summed E-state index contributed by atoms with van der Waals surface area (Å²) in [4.78, 5) is 27.3. The van der Waals surface area contributed by atoms with Crippen molar-refractivity contribution in [1.82, 2.24) is 0 Å². The number of benzene rings is 2. The lowest BCUT2D eigenvalue weighted by Gasteiger charge is -2.44. The highest BCUT2D eigenvalue weighted by atomic mass is 16.7. The number of hydrogen-bond acceptors (Lipinski definition) is 12. The molecule has 2 aromatic rings. The number of ether oxygens (including phenoxy) is 4. The average Bonchev–Trinajstić information content (AvgIpc) is 2.88. The van der Waals surface area contributed by atoms with Gasteiger partial charge in [0.2, 0.25) is 5.78 Å². The van der Waals surface area contributed by atoms with E-state index in [1.54, 1.807) is 13.0 Å². The van der Waals surface area contributed by atoms with Crippen LogP contribution in [-0.4, -0.2) is 99.3 Å². The molecule has 2 aliphatic carbocycles. The molecule has 0 spiro atoms. The van der Waals surface area contributed by atoms with E-state index in [1.165, 1.54) is 27.2 Å². The van der Waals surface area contributed by atoms with E-state index in [-0.39, 0.29) is 34.6 Å². The molecular weight excluding hydrogens is 516 g/mol. The quantitative estimate of drug-likeness (QED) is 0.241. The van der Waals surface area contributed by atoms with Gasteiger partial charge in [-0.2, -0.15) is 0 Å². The molecule has 1 unspecified atom stereocenters. The number of ketones is 2. The van der Waals surface area contributed by atoms with E-state index >= 15 is 0 Å². The second-order valence-electron chi connectivity index (χ2n) is 10.3. The van der Waals surface area contributed by atoms with Crippen molar-refractivity contribution in [3.8, 4) is 17.2 Å². The molecule has 39 heavy (non-hydrogen) atoms. The number of phenols is 2. The number of methoxy groups -OCH3 is 2. The molecule has 0 saturated carbocycles. The van der Waals surface area contributed by atoms with Crippen LogP contribution in [0, 0.1) is 6.92 Å². The summed E-state index contributed by atoms with van der Waals surface area (Å²) >= 11 is 0. The molecule has 2 aromatic carbocycles. The summed E-state index contributed by atoms with van der Waals surface area (Å²) in [6.45, 7) is 2.65. The number of hydrogen-bond donors (Lipinski definition) is 6. The summed E-state index contributed by atoms with van der Waals surface area (Å²) in [5.74, 6) is -2.79. The molecule has 1 saturated heterocycles. The maximum Gasteiger partial charge on any atom is 0.202 e. The Labute approximate surface area is 222 Å². The van der Waals surface area contributed by atoms with Crippen molar-refractivity contribution in [3.05, 3.63) is 51.1 Å². The van der Waals surface area contributed by atoms with Crippen LogP contribution in [0.3, 0.4) is 0 Å². The standard InChI is InChI=1S/C27H30O12/c1-9-5-6-10-13(22(9)36-3)19(31)16-15(17(10)29)18(30)11-7-27(2,35)25(34)24(14(11)20(16)32)39-26-21(33)23(37-4)12(28)8-38-26/h5-6,12,21,23-26,28,30,32-35H,7-8H2,1-4H3/t12-,21+,23+,24+,25?,26-,27-/m0/s1. The summed E-state index contributed by atoms with van der Waals surface area (Å²) in [6.07, 6.45) is -9.12. The third-order valence-electron chi connectivity index (χ3n) is 7.80. The summed E-state index contributed by atoms with van der Waals surface area (Å²) in [5.41, 5.74) is -2.82. The molecule has 0 amide bonds. The maximum absolute atomic E-state index is 13.8. The number of fused-ring (bicyclic) bond motifs is 3. The zero-order valence-corrected chi connectivity index (χ0v) is 21.7. The summed E-state index contributed by atoms with van der Waals surface area (Å²) < 4.78 is 21.8. The molecule has 1 aliphatic heterocycles. The van der Waals surface area contributed by atoms with Crippen molar-refractivity contribution in [3.63, 3.8) is 0 Å². The van der Waals surface area contributed by atoms with Gasteiger partial charge in [-0.15, -0.1) is 0 Å². The van der Waals surface area contributed by atoms with Crippen molar-refractivity contribution in [1.29, 1.82) is 0 Å². The van der Waals surface area contributed by atoms with Crippen LogP contribution >= 0.6 is 0 Å². The van der Waals surface area contributed by atoms with E-state index in [4.69, 9.17) is 18.9 Å². The first kappa shape index (κ1) is 27.5. The van der Waals surface area contributed by atoms with Crippen LogP contribution in [0.15, 0.2) is 12.1 Å². The fourth-order valence-electron chi connectivity index (χ4n) is 5.76. The zero-order chi connectivity index (χ0) is 28.5. The van der Waals surface area contributed by atoms with Crippen LogP contribution in [0.5, 0.6) is 17.2 Å². The van der Waals surface area contributed by atoms with Gasteiger partial charge in [-0.3, -0.25) is 9.59 Å². The van der Waals surface area contributed by atoms with Gasteiger partial charge in [0.25, 0.3) is 0 Å². The maximum atomic E-state index is 13.8. The second kappa shape index (κ2) is 9.52. The fraction of sp³-hybridized carbons (Fsp3) is 0.481. The van der Waals surface area contributed by atoms with Gasteiger partial charge in [0.05, 0.1) is 36.0 Å². The van der Waals surface area contributed by atoms with E-state index in [2.05, 4.69) is 0 Å². The Morgan fingerprint density at radius 3 is 2.31 bits per heavy atom. The summed E-state index contributed by atoms with van der Waals surface area (Å²) in [6, 6.07) is 3.02. The molecule has 5 rings (SSSR count). The lowest BCUT2D eigenvalue weighted by Crippen LogP contribution is -2.57. The van der Waals surface area contributed by atoms with Gasteiger partial charge in [0, 0.05) is 30.2 Å². The molecule has 0 aromatic heterocycles. The van der Waals surface area contributed by atoms with Crippen LogP contribution < -0.4 is 4.74 Å². The predicted molar refractivity (Wildman–Crippen MR) is 131 cm³/mol. The minimum absolute atomic E-state index is 0.0251. The molecule has 3 aliphatic rings. The minimum atomic E-state index is -1.93. The van der Waals surface area contributed by atoms with Crippen LogP contribution in [0.2, 0.25) is 0 Å². The highest BCUT2D eigenvalue weighted by Crippen LogP contribution is 2.52. The lowest BCUT2D eigenvalue weighted by atomic mass is 9.72. The number of aliphatic hydroxyl groups excluding tert-OH is 3. The number of rotatable bonds is 4. The van der Waals surface area contributed by atoms with Crippen molar-refractivity contribution >= 4 is 11.6 Å². The van der Waals surface area contributed by atoms with E-state index in [0.717, 1.165) is 0 Å². The van der Waals surface area contributed by atoms with E-state index in [0.29, 0.717) is 5.56 Å². The molecule has 1 heterocycles. The summed E-state index contributed by atoms with van der Waals surface area (Å²) in [7, 11) is 2.60. The van der Waals surface area contributed by atoms with Crippen molar-refractivity contribution in [2.45, 2.75) is 62.7 Å². The van der Waals surface area contributed by atoms with Crippen LogP contribution in [-0.2, 0) is 20.6 Å². The highest BCUT2D eigenvalue weighted by Gasteiger charge is 2.52. The van der Waals surface area contributed by atoms with E-state index in [1.807, 2.05) is 0 Å².